The molecule has 0 aliphatic heterocycles. The van der Waals surface area contributed by atoms with Gasteiger partial charge in [0, 0.05) is 17.3 Å². The fourth-order valence-corrected chi connectivity index (χ4v) is 1.33. The number of rotatable bonds is 3. The Morgan fingerprint density at radius 3 is 2.71 bits per heavy atom. The summed E-state index contributed by atoms with van der Waals surface area (Å²) in [6.45, 7) is 1.62. The third-order valence-electron chi connectivity index (χ3n) is 2.05. The summed E-state index contributed by atoms with van der Waals surface area (Å²) in [6.07, 6.45) is 0. The second kappa shape index (κ2) is 6.22. The van der Waals surface area contributed by atoms with Crippen molar-refractivity contribution in [3.8, 4) is 0 Å². The lowest BCUT2D eigenvalue weighted by Gasteiger charge is -2.08. The van der Waals surface area contributed by atoms with Gasteiger partial charge in [0.05, 0.1) is 6.61 Å². The van der Waals surface area contributed by atoms with Gasteiger partial charge in [-0.05, 0) is 24.6 Å². The Labute approximate surface area is 104 Å². The van der Waals surface area contributed by atoms with Crippen LogP contribution in [0.1, 0.15) is 5.56 Å². The molecule has 17 heavy (non-hydrogen) atoms. The summed E-state index contributed by atoms with van der Waals surface area (Å²) in [5.74, 6) is -1.58. The summed E-state index contributed by atoms with van der Waals surface area (Å²) in [5, 5.41) is 13.7. The molecule has 6 heteroatoms. The van der Waals surface area contributed by atoms with E-state index in [0.29, 0.717) is 10.7 Å². The van der Waals surface area contributed by atoms with Gasteiger partial charge in [-0.25, -0.2) is 0 Å². The molecule has 2 amide bonds. The van der Waals surface area contributed by atoms with E-state index >= 15 is 0 Å². The van der Waals surface area contributed by atoms with E-state index in [-0.39, 0.29) is 13.2 Å². The minimum absolute atomic E-state index is 0.0424. The predicted octanol–water partition coefficient (Wildman–Crippen LogP) is 0.695. The first-order valence-corrected chi connectivity index (χ1v) is 5.38. The van der Waals surface area contributed by atoms with Crippen molar-refractivity contribution in [3.05, 3.63) is 28.8 Å². The normalized spacial score (nSPS) is 9.82. The quantitative estimate of drug-likeness (QED) is 0.697. The minimum Gasteiger partial charge on any atom is -0.395 e. The Bertz CT molecular complexity index is 435. The maximum atomic E-state index is 11.4. The van der Waals surface area contributed by atoms with Crippen molar-refractivity contribution >= 4 is 29.1 Å². The molecule has 1 rings (SSSR count). The molecular formula is C11H13ClN2O3. The number of halogens is 1. The molecule has 0 saturated carbocycles. The number of hydrogen-bond donors (Lipinski definition) is 3. The number of aliphatic hydroxyl groups excluding tert-OH is 1. The first kappa shape index (κ1) is 13.5. The van der Waals surface area contributed by atoms with Crippen molar-refractivity contribution in [1.29, 1.82) is 0 Å². The number of aliphatic hydroxyl groups is 1. The van der Waals surface area contributed by atoms with Crippen LogP contribution >= 0.6 is 11.6 Å². The molecule has 1 aromatic rings. The van der Waals surface area contributed by atoms with E-state index in [1.165, 1.54) is 0 Å². The molecule has 5 nitrogen and oxygen atoms in total. The highest BCUT2D eigenvalue weighted by Gasteiger charge is 2.13. The monoisotopic (exact) mass is 256 g/mol. The van der Waals surface area contributed by atoms with Crippen LogP contribution in [0.5, 0.6) is 0 Å². The van der Waals surface area contributed by atoms with Gasteiger partial charge < -0.3 is 15.7 Å². The van der Waals surface area contributed by atoms with Crippen molar-refractivity contribution < 1.29 is 14.7 Å². The van der Waals surface area contributed by atoms with E-state index in [2.05, 4.69) is 10.6 Å². The topological polar surface area (TPSA) is 78.4 Å². The van der Waals surface area contributed by atoms with Crippen LogP contribution in [0.15, 0.2) is 18.2 Å². The highest BCUT2D eigenvalue weighted by molar-refractivity contribution is 6.40. The molecule has 0 bridgehead atoms. The molecule has 0 fully saturated rings. The molecule has 0 aliphatic rings. The molecule has 0 saturated heterocycles. The van der Waals surface area contributed by atoms with Crippen molar-refractivity contribution in [2.45, 2.75) is 6.92 Å². The SMILES string of the molecule is Cc1ccc(Cl)cc1NC(=O)C(=O)NCCO. The Morgan fingerprint density at radius 1 is 1.35 bits per heavy atom. The summed E-state index contributed by atoms with van der Waals surface area (Å²) in [4.78, 5) is 22.7. The maximum Gasteiger partial charge on any atom is 0.313 e. The van der Waals surface area contributed by atoms with Crippen LogP contribution in [0.3, 0.4) is 0 Å². The Hall–Kier alpha value is -1.59. The third-order valence-corrected chi connectivity index (χ3v) is 2.29. The van der Waals surface area contributed by atoms with Gasteiger partial charge in [-0.1, -0.05) is 17.7 Å². The summed E-state index contributed by atoms with van der Waals surface area (Å²) < 4.78 is 0. The molecule has 0 atom stereocenters. The molecule has 3 N–H and O–H groups in total. The standard InChI is InChI=1S/C11H13ClN2O3/c1-7-2-3-8(12)6-9(7)14-11(17)10(16)13-4-5-15/h2-3,6,15H,4-5H2,1H3,(H,13,16)(H,14,17). The van der Waals surface area contributed by atoms with Crippen LogP contribution in [-0.2, 0) is 9.59 Å². The fourth-order valence-electron chi connectivity index (χ4n) is 1.16. The number of nitrogens with one attached hydrogen (secondary N) is 2. The van der Waals surface area contributed by atoms with Gasteiger partial charge in [0.1, 0.15) is 0 Å². The lowest BCUT2D eigenvalue weighted by Crippen LogP contribution is -2.36. The van der Waals surface area contributed by atoms with Crippen LogP contribution in [-0.4, -0.2) is 30.1 Å². The smallest absolute Gasteiger partial charge is 0.313 e. The number of carbonyl (C=O) groups excluding carboxylic acids is 2. The number of hydrogen-bond acceptors (Lipinski definition) is 3. The van der Waals surface area contributed by atoms with E-state index in [9.17, 15) is 9.59 Å². The van der Waals surface area contributed by atoms with Crippen molar-refractivity contribution in [3.63, 3.8) is 0 Å². The number of amides is 2. The van der Waals surface area contributed by atoms with Crippen molar-refractivity contribution in [1.82, 2.24) is 5.32 Å². The first-order valence-electron chi connectivity index (χ1n) is 5.01. The van der Waals surface area contributed by atoms with Gasteiger partial charge in [0.2, 0.25) is 0 Å². The van der Waals surface area contributed by atoms with Gasteiger partial charge in [0.15, 0.2) is 0 Å². The number of carbonyl (C=O) groups is 2. The average Bonchev–Trinajstić information content (AvgIpc) is 2.30. The Morgan fingerprint density at radius 2 is 2.06 bits per heavy atom. The summed E-state index contributed by atoms with van der Waals surface area (Å²) in [6, 6.07) is 5.00. The number of aryl methyl sites for hydroxylation is 1. The molecule has 0 radical (unpaired) electrons. The molecular weight excluding hydrogens is 244 g/mol. The minimum atomic E-state index is -0.793. The highest BCUT2D eigenvalue weighted by atomic mass is 35.5. The summed E-state index contributed by atoms with van der Waals surface area (Å²) in [5.41, 5.74) is 1.29. The van der Waals surface area contributed by atoms with Crippen LogP contribution in [0.25, 0.3) is 0 Å². The largest absolute Gasteiger partial charge is 0.395 e. The molecule has 0 spiro atoms. The van der Waals surface area contributed by atoms with Gasteiger partial charge in [-0.2, -0.15) is 0 Å². The maximum absolute atomic E-state index is 11.4. The second-order valence-corrected chi connectivity index (χ2v) is 3.83. The first-order chi connectivity index (χ1) is 8.04. The highest BCUT2D eigenvalue weighted by Crippen LogP contribution is 2.19. The van der Waals surface area contributed by atoms with Gasteiger partial charge >= 0.3 is 11.8 Å². The van der Waals surface area contributed by atoms with E-state index in [0.717, 1.165) is 5.56 Å². The number of anilines is 1. The van der Waals surface area contributed by atoms with Crippen LogP contribution < -0.4 is 10.6 Å². The van der Waals surface area contributed by atoms with Crippen LogP contribution in [0, 0.1) is 6.92 Å². The Kier molecular flexibility index (Phi) is 4.93. The zero-order valence-corrected chi connectivity index (χ0v) is 10.0. The average molecular weight is 257 g/mol. The van der Waals surface area contributed by atoms with E-state index < -0.39 is 11.8 Å². The molecule has 0 heterocycles. The molecule has 92 valence electrons. The predicted molar refractivity (Wildman–Crippen MR) is 64.9 cm³/mol. The van der Waals surface area contributed by atoms with Gasteiger partial charge in [-0.3, -0.25) is 9.59 Å². The summed E-state index contributed by atoms with van der Waals surface area (Å²) in [7, 11) is 0. The second-order valence-electron chi connectivity index (χ2n) is 3.39. The van der Waals surface area contributed by atoms with Gasteiger partial charge in [-0.15, -0.1) is 0 Å². The molecule has 0 aromatic heterocycles. The van der Waals surface area contributed by atoms with E-state index in [1.54, 1.807) is 25.1 Å². The number of benzene rings is 1. The van der Waals surface area contributed by atoms with Crippen LogP contribution in [0.2, 0.25) is 5.02 Å². The zero-order chi connectivity index (χ0) is 12.8. The van der Waals surface area contributed by atoms with Gasteiger partial charge in [0.25, 0.3) is 0 Å². The zero-order valence-electron chi connectivity index (χ0n) is 9.29. The molecule has 0 aliphatic carbocycles. The van der Waals surface area contributed by atoms with Crippen molar-refractivity contribution in [2.75, 3.05) is 18.5 Å². The lowest BCUT2D eigenvalue weighted by molar-refractivity contribution is -0.136. The lowest BCUT2D eigenvalue weighted by atomic mass is 10.2. The van der Waals surface area contributed by atoms with E-state index in [4.69, 9.17) is 16.7 Å². The third kappa shape index (κ3) is 4.05. The molecule has 1 aromatic carbocycles. The fraction of sp³-hybridized carbons (Fsp3) is 0.273. The van der Waals surface area contributed by atoms with E-state index in [1.807, 2.05) is 0 Å². The van der Waals surface area contributed by atoms with Crippen molar-refractivity contribution in [2.24, 2.45) is 0 Å². The molecule has 0 unspecified atom stereocenters. The summed E-state index contributed by atoms with van der Waals surface area (Å²) >= 11 is 5.78. The Balaban J connectivity index is 2.67. The van der Waals surface area contributed by atoms with Crippen LogP contribution in [0.4, 0.5) is 5.69 Å².